The van der Waals surface area contributed by atoms with Gasteiger partial charge in [0.1, 0.15) is 0 Å². The standard InChI is InChI=1S/C17H21NO4/c1-2-17(9-19)8-12-4-6-15(17)18(12)16(20)11-3-5-13-14(7-11)22-10-21-13/h3,5,7,12,15,19H,2,4,6,8-10H2,1H3/t12-,15+,17-/m1/s1. The zero-order chi connectivity index (χ0) is 15.3. The Hall–Kier alpha value is -1.75. The molecule has 3 atom stereocenters. The second-order valence-corrected chi connectivity index (χ2v) is 6.61. The molecule has 0 spiro atoms. The molecule has 0 radical (unpaired) electrons. The Morgan fingerprint density at radius 1 is 1.36 bits per heavy atom. The molecule has 2 fully saturated rings. The van der Waals surface area contributed by atoms with Crippen LogP contribution in [0.4, 0.5) is 0 Å². The van der Waals surface area contributed by atoms with Crippen molar-refractivity contribution >= 4 is 5.91 Å². The van der Waals surface area contributed by atoms with E-state index in [0.29, 0.717) is 17.1 Å². The zero-order valence-corrected chi connectivity index (χ0v) is 12.7. The number of benzene rings is 1. The molecule has 0 unspecified atom stereocenters. The van der Waals surface area contributed by atoms with E-state index in [2.05, 4.69) is 6.92 Å². The fourth-order valence-electron chi connectivity index (χ4n) is 4.44. The summed E-state index contributed by atoms with van der Waals surface area (Å²) >= 11 is 0. The van der Waals surface area contributed by atoms with E-state index in [1.165, 1.54) is 0 Å². The van der Waals surface area contributed by atoms with Gasteiger partial charge in [0.15, 0.2) is 11.5 Å². The quantitative estimate of drug-likeness (QED) is 0.930. The second-order valence-electron chi connectivity index (χ2n) is 6.61. The van der Waals surface area contributed by atoms with Gasteiger partial charge < -0.3 is 19.5 Å². The van der Waals surface area contributed by atoms with E-state index < -0.39 is 0 Å². The summed E-state index contributed by atoms with van der Waals surface area (Å²) in [6, 6.07) is 5.79. The van der Waals surface area contributed by atoms with E-state index in [1.54, 1.807) is 18.2 Å². The van der Waals surface area contributed by atoms with Gasteiger partial charge in [0.25, 0.3) is 5.91 Å². The molecule has 3 aliphatic rings. The minimum Gasteiger partial charge on any atom is -0.454 e. The van der Waals surface area contributed by atoms with E-state index in [1.807, 2.05) is 4.90 Å². The fourth-order valence-corrected chi connectivity index (χ4v) is 4.44. The first kappa shape index (κ1) is 13.9. The van der Waals surface area contributed by atoms with Crippen molar-refractivity contribution in [2.24, 2.45) is 5.41 Å². The summed E-state index contributed by atoms with van der Waals surface area (Å²) in [5, 5.41) is 9.86. The number of fused-ring (bicyclic) bond motifs is 3. The fraction of sp³-hybridized carbons (Fsp3) is 0.588. The summed E-state index contributed by atoms with van der Waals surface area (Å²) < 4.78 is 10.7. The van der Waals surface area contributed by atoms with Crippen LogP contribution in [0.25, 0.3) is 0 Å². The van der Waals surface area contributed by atoms with Crippen LogP contribution in [0.2, 0.25) is 0 Å². The van der Waals surface area contributed by atoms with Gasteiger partial charge in [0.2, 0.25) is 6.79 Å². The molecule has 5 heteroatoms. The third-order valence-corrected chi connectivity index (χ3v) is 5.72. The maximum atomic E-state index is 13.0. The van der Waals surface area contributed by atoms with E-state index in [0.717, 1.165) is 25.7 Å². The topological polar surface area (TPSA) is 59.0 Å². The Labute approximate surface area is 129 Å². The second kappa shape index (κ2) is 4.88. The molecule has 5 nitrogen and oxygen atoms in total. The first-order chi connectivity index (χ1) is 10.7. The van der Waals surface area contributed by atoms with Crippen molar-refractivity contribution in [2.45, 2.75) is 44.7 Å². The van der Waals surface area contributed by atoms with Gasteiger partial charge in [-0.2, -0.15) is 0 Å². The Bertz CT molecular complexity index is 611. The van der Waals surface area contributed by atoms with Gasteiger partial charge in [0, 0.05) is 23.1 Å². The van der Waals surface area contributed by atoms with Crippen LogP contribution in [0.5, 0.6) is 11.5 Å². The number of aliphatic hydroxyl groups excluding tert-OH is 1. The monoisotopic (exact) mass is 303 g/mol. The number of carbonyl (C=O) groups excluding carboxylic acids is 1. The van der Waals surface area contributed by atoms with E-state index >= 15 is 0 Å². The van der Waals surface area contributed by atoms with Crippen LogP contribution in [-0.2, 0) is 0 Å². The maximum Gasteiger partial charge on any atom is 0.254 e. The Kier molecular flexibility index (Phi) is 3.08. The van der Waals surface area contributed by atoms with Gasteiger partial charge in [-0.05, 0) is 43.9 Å². The molecule has 0 aromatic heterocycles. The lowest BCUT2D eigenvalue weighted by molar-refractivity contribution is 0.0557. The molecule has 1 aromatic rings. The van der Waals surface area contributed by atoms with Crippen LogP contribution in [0.3, 0.4) is 0 Å². The highest BCUT2D eigenvalue weighted by Gasteiger charge is 2.56. The third-order valence-electron chi connectivity index (χ3n) is 5.72. The number of ether oxygens (including phenoxy) is 2. The van der Waals surface area contributed by atoms with Gasteiger partial charge in [-0.3, -0.25) is 4.79 Å². The van der Waals surface area contributed by atoms with Gasteiger partial charge in [-0.1, -0.05) is 6.92 Å². The normalized spacial score (nSPS) is 31.8. The molecule has 0 aliphatic carbocycles. The molecule has 118 valence electrons. The van der Waals surface area contributed by atoms with Crippen molar-refractivity contribution in [1.29, 1.82) is 0 Å². The van der Waals surface area contributed by atoms with Gasteiger partial charge in [0.05, 0.1) is 6.61 Å². The van der Waals surface area contributed by atoms with Gasteiger partial charge in [-0.15, -0.1) is 0 Å². The summed E-state index contributed by atoms with van der Waals surface area (Å²) in [5.74, 6) is 1.38. The number of hydrogen-bond donors (Lipinski definition) is 1. The smallest absolute Gasteiger partial charge is 0.254 e. The van der Waals surface area contributed by atoms with Crippen molar-refractivity contribution < 1.29 is 19.4 Å². The largest absolute Gasteiger partial charge is 0.454 e. The number of carbonyl (C=O) groups is 1. The Morgan fingerprint density at radius 3 is 2.91 bits per heavy atom. The summed E-state index contributed by atoms with van der Waals surface area (Å²) in [5.41, 5.74) is 0.528. The van der Waals surface area contributed by atoms with E-state index in [9.17, 15) is 9.90 Å². The minimum atomic E-state index is -0.116. The first-order valence-corrected chi connectivity index (χ1v) is 8.02. The minimum absolute atomic E-state index is 0.0505. The van der Waals surface area contributed by atoms with Crippen LogP contribution in [0.1, 0.15) is 43.0 Å². The van der Waals surface area contributed by atoms with Crippen molar-refractivity contribution in [3.05, 3.63) is 23.8 Å². The van der Waals surface area contributed by atoms with Crippen LogP contribution in [0, 0.1) is 5.41 Å². The predicted octanol–water partition coefficient (Wildman–Crippen LogP) is 2.18. The lowest BCUT2D eigenvalue weighted by Gasteiger charge is -2.34. The number of rotatable bonds is 3. The van der Waals surface area contributed by atoms with Crippen LogP contribution in [-0.4, -0.2) is 41.4 Å². The third kappa shape index (κ3) is 1.78. The number of hydrogen-bond acceptors (Lipinski definition) is 4. The summed E-state index contributed by atoms with van der Waals surface area (Å²) in [6.45, 7) is 2.49. The molecule has 0 saturated carbocycles. The summed E-state index contributed by atoms with van der Waals surface area (Å²) in [4.78, 5) is 15.0. The average molecular weight is 303 g/mol. The average Bonchev–Trinajstić information content (AvgIpc) is 3.26. The number of aliphatic hydroxyl groups is 1. The highest BCUT2D eigenvalue weighted by atomic mass is 16.7. The molecule has 22 heavy (non-hydrogen) atoms. The van der Waals surface area contributed by atoms with Crippen LogP contribution >= 0.6 is 0 Å². The number of nitrogens with zero attached hydrogens (tertiary/aromatic N) is 1. The first-order valence-electron chi connectivity index (χ1n) is 8.02. The molecule has 1 amide bonds. The van der Waals surface area contributed by atoms with Crippen molar-refractivity contribution in [3.8, 4) is 11.5 Å². The predicted molar refractivity (Wildman–Crippen MR) is 80.0 cm³/mol. The van der Waals surface area contributed by atoms with Crippen molar-refractivity contribution in [2.75, 3.05) is 13.4 Å². The van der Waals surface area contributed by atoms with Crippen LogP contribution in [0.15, 0.2) is 18.2 Å². The SMILES string of the molecule is CC[C@]1(CO)C[C@H]2CC[C@@H]1N2C(=O)c1ccc2c(c1)OCO2. The lowest BCUT2D eigenvalue weighted by atomic mass is 9.72. The molecular formula is C17H21NO4. The summed E-state index contributed by atoms with van der Waals surface area (Å²) in [6.07, 6.45) is 3.87. The van der Waals surface area contributed by atoms with Crippen molar-refractivity contribution in [3.63, 3.8) is 0 Å². The molecule has 3 aliphatic heterocycles. The molecule has 2 saturated heterocycles. The Balaban J connectivity index is 1.64. The summed E-state index contributed by atoms with van der Waals surface area (Å²) in [7, 11) is 0. The van der Waals surface area contributed by atoms with Crippen LogP contribution < -0.4 is 9.47 Å². The Morgan fingerprint density at radius 2 is 2.18 bits per heavy atom. The molecule has 1 aromatic carbocycles. The zero-order valence-electron chi connectivity index (χ0n) is 12.7. The lowest BCUT2D eigenvalue weighted by Crippen LogP contribution is -2.42. The maximum absolute atomic E-state index is 13.0. The molecule has 1 N–H and O–H groups in total. The molecule has 2 bridgehead atoms. The molecule has 4 rings (SSSR count). The number of amides is 1. The van der Waals surface area contributed by atoms with Crippen molar-refractivity contribution in [1.82, 2.24) is 4.90 Å². The molecular weight excluding hydrogens is 282 g/mol. The highest BCUT2D eigenvalue weighted by molar-refractivity contribution is 5.96. The molecule has 3 heterocycles. The van der Waals surface area contributed by atoms with Gasteiger partial charge >= 0.3 is 0 Å². The van der Waals surface area contributed by atoms with E-state index in [4.69, 9.17) is 9.47 Å². The highest BCUT2D eigenvalue weighted by Crippen LogP contribution is 2.52. The van der Waals surface area contributed by atoms with E-state index in [-0.39, 0.29) is 36.8 Å². The van der Waals surface area contributed by atoms with Gasteiger partial charge in [-0.25, -0.2) is 0 Å².